The van der Waals surface area contributed by atoms with Crippen LogP contribution in [0.15, 0.2) is 82.8 Å². The third-order valence-electron chi connectivity index (χ3n) is 6.55. The molecule has 0 bridgehead atoms. The van der Waals surface area contributed by atoms with Crippen LogP contribution in [0.4, 0.5) is 0 Å². The van der Waals surface area contributed by atoms with Gasteiger partial charge in [-0.15, -0.1) is 0 Å². The van der Waals surface area contributed by atoms with E-state index >= 15 is 0 Å². The Morgan fingerprint density at radius 2 is 1.61 bits per heavy atom. The Hall–Kier alpha value is -3.73. The first-order chi connectivity index (χ1) is 19.5. The number of aliphatic hydroxyl groups is 1. The van der Waals surface area contributed by atoms with Gasteiger partial charge in [0, 0.05) is 13.1 Å². The van der Waals surface area contributed by atoms with Crippen LogP contribution in [0, 0.1) is 19.8 Å². The van der Waals surface area contributed by atoms with Crippen molar-refractivity contribution in [3.63, 3.8) is 0 Å². The van der Waals surface area contributed by atoms with Crippen molar-refractivity contribution in [1.29, 1.82) is 0 Å². The number of hydrogen-bond donors (Lipinski definition) is 3. The Balaban J connectivity index is 1.82. The molecular formula is C31H39N3O6S. The highest BCUT2D eigenvalue weighted by atomic mass is 32.2. The minimum absolute atomic E-state index is 0.0225. The molecule has 1 amide bonds. The quantitative estimate of drug-likeness (QED) is 0.150. The Bertz CT molecular complexity index is 1390. The van der Waals surface area contributed by atoms with Crippen molar-refractivity contribution < 1.29 is 28.3 Å². The second-order valence-electron chi connectivity index (χ2n) is 10.5. The van der Waals surface area contributed by atoms with Crippen LogP contribution in [0.25, 0.3) is 0 Å². The number of carbonyl (C=O) groups excluding carboxylic acids is 1. The lowest BCUT2D eigenvalue weighted by Crippen LogP contribution is -2.52. The van der Waals surface area contributed by atoms with Crippen LogP contribution >= 0.6 is 0 Å². The zero-order valence-electron chi connectivity index (χ0n) is 23.9. The van der Waals surface area contributed by atoms with Crippen LogP contribution in [0.3, 0.4) is 0 Å². The maximum atomic E-state index is 13.6. The average Bonchev–Trinajstić information content (AvgIpc) is 2.93. The van der Waals surface area contributed by atoms with Gasteiger partial charge >= 0.3 is 0 Å². The summed E-state index contributed by atoms with van der Waals surface area (Å²) in [5, 5.41) is 26.0. The molecule has 0 unspecified atom stereocenters. The number of carbonyl (C=O) groups is 1. The van der Waals surface area contributed by atoms with Gasteiger partial charge in [-0.05, 0) is 60.6 Å². The normalized spacial score (nSPS) is 13.4. The minimum atomic E-state index is -3.98. The van der Waals surface area contributed by atoms with E-state index in [2.05, 4.69) is 10.5 Å². The third kappa shape index (κ3) is 9.14. The summed E-state index contributed by atoms with van der Waals surface area (Å²) in [6.45, 7) is 7.28. The second kappa shape index (κ2) is 14.8. The van der Waals surface area contributed by atoms with E-state index in [1.807, 2.05) is 76.2 Å². The molecule has 0 saturated heterocycles. The van der Waals surface area contributed by atoms with Gasteiger partial charge in [-0.25, -0.2) is 8.42 Å². The molecule has 0 radical (unpaired) electrons. The largest absolute Gasteiger partial charge is 0.483 e. The first-order valence-corrected chi connectivity index (χ1v) is 14.9. The number of aliphatic hydroxyl groups excluding tert-OH is 1. The predicted octanol–water partition coefficient (Wildman–Crippen LogP) is 3.93. The summed E-state index contributed by atoms with van der Waals surface area (Å²) in [6, 6.07) is 20.3. The lowest BCUT2D eigenvalue weighted by molar-refractivity contribution is -0.124. The topological polar surface area (TPSA) is 129 Å². The molecule has 41 heavy (non-hydrogen) atoms. The molecule has 3 aromatic carbocycles. The van der Waals surface area contributed by atoms with Crippen molar-refractivity contribution in [2.75, 3.05) is 19.7 Å². The van der Waals surface area contributed by atoms with Gasteiger partial charge in [-0.2, -0.15) is 4.31 Å². The molecule has 0 heterocycles. The fourth-order valence-corrected chi connectivity index (χ4v) is 6.14. The van der Waals surface area contributed by atoms with Crippen molar-refractivity contribution in [2.24, 2.45) is 11.1 Å². The van der Waals surface area contributed by atoms with Gasteiger partial charge in [0.15, 0.2) is 6.61 Å². The lowest BCUT2D eigenvalue weighted by atomic mass is 10.0. The molecule has 0 saturated carbocycles. The average molecular weight is 582 g/mol. The predicted molar refractivity (Wildman–Crippen MR) is 159 cm³/mol. The molecule has 0 aromatic heterocycles. The number of aryl methyl sites for hydroxylation is 2. The van der Waals surface area contributed by atoms with Crippen molar-refractivity contribution in [3.8, 4) is 5.75 Å². The maximum absolute atomic E-state index is 13.6. The molecule has 220 valence electrons. The summed E-state index contributed by atoms with van der Waals surface area (Å²) in [4.78, 5) is 13.1. The molecule has 2 atom stereocenters. The number of nitrogens with zero attached hydrogens (tertiary/aromatic N) is 2. The highest BCUT2D eigenvalue weighted by Gasteiger charge is 2.31. The Morgan fingerprint density at radius 1 is 0.976 bits per heavy atom. The van der Waals surface area contributed by atoms with Gasteiger partial charge in [-0.3, -0.25) is 4.79 Å². The highest BCUT2D eigenvalue weighted by Crippen LogP contribution is 2.22. The molecule has 10 heteroatoms. The first-order valence-electron chi connectivity index (χ1n) is 13.5. The van der Waals surface area contributed by atoms with Crippen LogP contribution in [0.5, 0.6) is 5.75 Å². The summed E-state index contributed by atoms with van der Waals surface area (Å²) in [5.74, 6) is 0.186. The molecule has 0 aliphatic carbocycles. The summed E-state index contributed by atoms with van der Waals surface area (Å²) in [5.41, 5.74) is 3.23. The Labute approximate surface area is 242 Å². The van der Waals surface area contributed by atoms with E-state index in [1.165, 1.54) is 34.8 Å². The monoisotopic (exact) mass is 581 g/mol. The summed E-state index contributed by atoms with van der Waals surface area (Å²) in [7, 11) is -3.98. The zero-order chi connectivity index (χ0) is 30.0. The fraction of sp³-hybridized carbons (Fsp3) is 0.355. The van der Waals surface area contributed by atoms with Gasteiger partial charge in [0.25, 0.3) is 5.91 Å². The van der Waals surface area contributed by atoms with Crippen LogP contribution in [0.1, 0.15) is 36.1 Å². The smallest absolute Gasteiger partial charge is 0.258 e. The van der Waals surface area contributed by atoms with Gasteiger partial charge < -0.3 is 20.4 Å². The molecule has 0 aliphatic heterocycles. The van der Waals surface area contributed by atoms with Gasteiger partial charge in [0.05, 0.1) is 23.3 Å². The van der Waals surface area contributed by atoms with E-state index in [-0.39, 0.29) is 30.5 Å². The standard InChI is InChI=1S/C31H39N3O6S/c1-22(2)19-34(41(38,39)27-15-13-26(14-16-27)18-32-37)20-29(35)28(17-25-11-6-5-7-12-25)33-30(36)21-40-31-23(3)9-8-10-24(31)4/h5-16,18,22,28-29,35,37H,17,19-21H2,1-4H3,(H,33,36)/t28-,29-/m0/s1. The molecular weight excluding hydrogens is 542 g/mol. The number of benzene rings is 3. The molecule has 3 rings (SSSR count). The molecule has 3 N–H and O–H groups in total. The van der Waals surface area contributed by atoms with Crippen LogP contribution in [0.2, 0.25) is 0 Å². The molecule has 9 nitrogen and oxygen atoms in total. The summed E-state index contributed by atoms with van der Waals surface area (Å²) >= 11 is 0. The van der Waals surface area contributed by atoms with E-state index in [0.717, 1.165) is 16.7 Å². The summed E-state index contributed by atoms with van der Waals surface area (Å²) < 4.78 is 34.3. The van der Waals surface area contributed by atoms with E-state index in [9.17, 15) is 18.3 Å². The Kier molecular flexibility index (Phi) is 11.5. The van der Waals surface area contributed by atoms with Crippen LogP contribution in [-0.2, 0) is 21.2 Å². The number of rotatable bonds is 14. The van der Waals surface area contributed by atoms with E-state index in [1.54, 1.807) is 0 Å². The number of ether oxygens (including phenoxy) is 1. The number of nitrogens with one attached hydrogen (secondary N) is 1. The molecule has 0 aliphatic rings. The van der Waals surface area contributed by atoms with Gasteiger partial charge in [-0.1, -0.05) is 79.7 Å². The fourth-order valence-electron chi connectivity index (χ4n) is 4.52. The van der Waals surface area contributed by atoms with E-state index in [4.69, 9.17) is 9.94 Å². The van der Waals surface area contributed by atoms with Crippen molar-refractivity contribution >= 4 is 22.1 Å². The third-order valence-corrected chi connectivity index (χ3v) is 8.40. The van der Waals surface area contributed by atoms with E-state index < -0.39 is 28.1 Å². The SMILES string of the molecule is Cc1cccc(C)c1OCC(=O)N[C@@H](Cc1ccccc1)[C@@H](O)CN(CC(C)C)S(=O)(=O)c1ccc(C=NO)cc1. The molecule has 0 fully saturated rings. The van der Waals surface area contributed by atoms with Crippen molar-refractivity contribution in [2.45, 2.75) is 51.2 Å². The molecule has 3 aromatic rings. The highest BCUT2D eigenvalue weighted by molar-refractivity contribution is 7.89. The van der Waals surface area contributed by atoms with Crippen molar-refractivity contribution in [3.05, 3.63) is 95.1 Å². The van der Waals surface area contributed by atoms with Gasteiger partial charge in [0.1, 0.15) is 5.75 Å². The van der Waals surface area contributed by atoms with Crippen LogP contribution in [-0.4, -0.2) is 67.0 Å². The number of para-hydroxylation sites is 1. The maximum Gasteiger partial charge on any atom is 0.258 e. The number of amides is 1. The second-order valence-corrected chi connectivity index (χ2v) is 12.4. The minimum Gasteiger partial charge on any atom is -0.483 e. The zero-order valence-corrected chi connectivity index (χ0v) is 24.7. The van der Waals surface area contributed by atoms with Crippen LogP contribution < -0.4 is 10.1 Å². The Morgan fingerprint density at radius 3 is 2.20 bits per heavy atom. The summed E-state index contributed by atoms with van der Waals surface area (Å²) in [6.07, 6.45) is 0.281. The first kappa shape index (κ1) is 31.8. The number of oxime groups is 1. The number of sulfonamides is 1. The van der Waals surface area contributed by atoms with Crippen molar-refractivity contribution in [1.82, 2.24) is 9.62 Å². The molecule has 0 spiro atoms. The van der Waals surface area contributed by atoms with E-state index in [0.29, 0.717) is 17.7 Å². The number of hydrogen-bond acceptors (Lipinski definition) is 7. The van der Waals surface area contributed by atoms with Gasteiger partial charge in [0.2, 0.25) is 10.0 Å². The lowest BCUT2D eigenvalue weighted by Gasteiger charge is -2.31.